The van der Waals surface area contributed by atoms with Crippen molar-refractivity contribution in [2.45, 2.75) is 84.0 Å². The second kappa shape index (κ2) is 17.2. The van der Waals surface area contributed by atoms with E-state index in [4.69, 9.17) is 0 Å². The number of unbranched alkanes of at least 4 members (excludes halogenated alkanes) is 9. The summed E-state index contributed by atoms with van der Waals surface area (Å²) in [4.78, 5) is 22.4. The van der Waals surface area contributed by atoms with Crippen molar-refractivity contribution in [1.29, 1.82) is 0 Å². The van der Waals surface area contributed by atoms with Crippen molar-refractivity contribution in [3.8, 4) is 0 Å². The molecule has 0 aromatic heterocycles. The Morgan fingerprint density at radius 2 is 1.39 bits per heavy atom. The fraction of sp³-hybridized carbons (Fsp3) is 0.789. The van der Waals surface area contributed by atoms with Crippen LogP contribution in [0, 0.1) is 0 Å². The van der Waals surface area contributed by atoms with Crippen molar-refractivity contribution < 1.29 is 14.3 Å². The summed E-state index contributed by atoms with van der Waals surface area (Å²) in [5.41, 5.74) is 0. The molecule has 0 aliphatic rings. The minimum Gasteiger partial charge on any atom is -0.392 e. The monoisotopic (exact) mass is 325 g/mol. The minimum absolute atomic E-state index is 0.0812. The van der Waals surface area contributed by atoms with Crippen LogP contribution in [-0.4, -0.2) is 25.5 Å². The second-order valence-corrected chi connectivity index (χ2v) is 6.00. The predicted molar refractivity (Wildman–Crippen MR) is 95.2 cm³/mol. The fourth-order valence-electron chi connectivity index (χ4n) is 2.34. The Bertz CT molecular complexity index is 327. The molecule has 0 aromatic carbocycles. The number of esters is 2. The lowest BCUT2D eigenvalue weighted by molar-refractivity contribution is -0.158. The number of carbonyl (C=O) groups is 2. The molecule has 0 aromatic rings. The van der Waals surface area contributed by atoms with E-state index in [9.17, 15) is 9.59 Å². The number of allylic oxidation sites excluding steroid dienone is 2. The molecule has 4 nitrogen and oxygen atoms in total. The average molecular weight is 325 g/mol. The topological polar surface area (TPSA) is 55.4 Å². The Morgan fingerprint density at radius 3 is 2.00 bits per heavy atom. The first-order valence-corrected chi connectivity index (χ1v) is 9.23. The first-order chi connectivity index (χ1) is 11.2. The van der Waals surface area contributed by atoms with Gasteiger partial charge in [-0.15, -0.1) is 0 Å². The summed E-state index contributed by atoms with van der Waals surface area (Å²) in [5.74, 6) is -0.907. The van der Waals surface area contributed by atoms with Gasteiger partial charge in [0.05, 0.1) is 6.54 Å². The van der Waals surface area contributed by atoms with Gasteiger partial charge in [-0.2, -0.15) is 0 Å². The van der Waals surface area contributed by atoms with Gasteiger partial charge < -0.3 is 10.1 Å². The molecular weight excluding hydrogens is 290 g/mol. The standard InChI is InChI=1S/C19H35NO3/c1-3-4-5-6-7-8-9-10-11-12-13-14-15-16-18(21)23-19(22)17-20-2/h8-9,20H,3-7,10-17H2,1-2H3/b9-8-. The molecule has 0 aliphatic heterocycles. The number of ether oxygens (including phenoxy) is 1. The SMILES string of the molecule is CCCCCC/C=C\CCCCCCCC(=O)OC(=O)CNC. The van der Waals surface area contributed by atoms with Gasteiger partial charge in [0, 0.05) is 6.42 Å². The van der Waals surface area contributed by atoms with Gasteiger partial charge in [-0.1, -0.05) is 57.6 Å². The van der Waals surface area contributed by atoms with Gasteiger partial charge in [-0.3, -0.25) is 9.59 Å². The zero-order valence-electron chi connectivity index (χ0n) is 15.1. The van der Waals surface area contributed by atoms with Crippen molar-refractivity contribution in [1.82, 2.24) is 5.32 Å². The maximum absolute atomic E-state index is 11.3. The third-order valence-electron chi connectivity index (χ3n) is 3.69. The molecule has 0 fully saturated rings. The maximum atomic E-state index is 11.3. The molecule has 23 heavy (non-hydrogen) atoms. The molecule has 0 heterocycles. The molecule has 0 rings (SSSR count). The molecular formula is C19H35NO3. The van der Waals surface area contributed by atoms with Crippen LogP contribution in [0.3, 0.4) is 0 Å². The first-order valence-electron chi connectivity index (χ1n) is 9.23. The fourth-order valence-corrected chi connectivity index (χ4v) is 2.34. The first kappa shape index (κ1) is 21.8. The van der Waals surface area contributed by atoms with E-state index >= 15 is 0 Å². The van der Waals surface area contributed by atoms with Gasteiger partial charge in [0.2, 0.25) is 0 Å². The van der Waals surface area contributed by atoms with E-state index in [2.05, 4.69) is 29.1 Å². The van der Waals surface area contributed by atoms with Crippen LogP contribution in [0.2, 0.25) is 0 Å². The van der Waals surface area contributed by atoms with Gasteiger partial charge in [-0.05, 0) is 39.2 Å². The molecule has 0 radical (unpaired) electrons. The Labute approximate surface area is 142 Å². The summed E-state index contributed by atoms with van der Waals surface area (Å²) in [6.07, 6.45) is 18.0. The highest BCUT2D eigenvalue weighted by atomic mass is 16.6. The van der Waals surface area contributed by atoms with Crippen molar-refractivity contribution in [2.24, 2.45) is 0 Å². The Kier molecular flexibility index (Phi) is 16.3. The van der Waals surface area contributed by atoms with Crippen LogP contribution >= 0.6 is 0 Å². The van der Waals surface area contributed by atoms with Crippen molar-refractivity contribution in [3.63, 3.8) is 0 Å². The highest BCUT2D eigenvalue weighted by Crippen LogP contribution is 2.09. The molecule has 0 bridgehead atoms. The quantitative estimate of drug-likeness (QED) is 0.208. The number of likely N-dealkylation sites (N-methyl/N-ethyl adjacent to an activating group) is 1. The Morgan fingerprint density at radius 1 is 0.826 bits per heavy atom. The van der Waals surface area contributed by atoms with E-state index in [0.717, 1.165) is 25.7 Å². The summed E-state index contributed by atoms with van der Waals surface area (Å²) < 4.78 is 4.65. The average Bonchev–Trinajstić information content (AvgIpc) is 2.52. The molecule has 134 valence electrons. The third-order valence-corrected chi connectivity index (χ3v) is 3.69. The number of rotatable bonds is 15. The molecule has 0 amide bonds. The van der Waals surface area contributed by atoms with Crippen LogP contribution in [0.5, 0.6) is 0 Å². The Balaban J connectivity index is 3.28. The normalized spacial score (nSPS) is 11.0. The lowest BCUT2D eigenvalue weighted by Gasteiger charge is -2.02. The van der Waals surface area contributed by atoms with Gasteiger partial charge in [0.15, 0.2) is 0 Å². The second-order valence-electron chi connectivity index (χ2n) is 6.00. The van der Waals surface area contributed by atoms with Crippen molar-refractivity contribution in [3.05, 3.63) is 12.2 Å². The molecule has 0 spiro atoms. The van der Waals surface area contributed by atoms with Crippen molar-refractivity contribution in [2.75, 3.05) is 13.6 Å². The zero-order valence-corrected chi connectivity index (χ0v) is 15.1. The highest BCUT2D eigenvalue weighted by Gasteiger charge is 2.08. The lowest BCUT2D eigenvalue weighted by Crippen LogP contribution is -2.23. The predicted octanol–water partition coefficient (Wildman–Crippen LogP) is 4.53. The summed E-state index contributed by atoms with van der Waals surface area (Å²) in [7, 11) is 1.65. The molecule has 0 saturated heterocycles. The summed E-state index contributed by atoms with van der Waals surface area (Å²) >= 11 is 0. The maximum Gasteiger partial charge on any atom is 0.327 e. The van der Waals surface area contributed by atoms with E-state index in [1.54, 1.807) is 7.05 Å². The van der Waals surface area contributed by atoms with Crippen LogP contribution in [-0.2, 0) is 14.3 Å². The van der Waals surface area contributed by atoms with Crippen LogP contribution in [0.25, 0.3) is 0 Å². The number of nitrogens with one attached hydrogen (secondary N) is 1. The van der Waals surface area contributed by atoms with E-state index in [-0.39, 0.29) is 6.54 Å². The summed E-state index contributed by atoms with van der Waals surface area (Å²) in [6.45, 7) is 2.32. The smallest absolute Gasteiger partial charge is 0.327 e. The van der Waals surface area contributed by atoms with Crippen LogP contribution in [0.15, 0.2) is 12.2 Å². The molecule has 0 unspecified atom stereocenters. The van der Waals surface area contributed by atoms with Gasteiger partial charge in [-0.25, -0.2) is 0 Å². The van der Waals surface area contributed by atoms with Gasteiger partial charge >= 0.3 is 11.9 Å². The minimum atomic E-state index is -0.501. The largest absolute Gasteiger partial charge is 0.392 e. The van der Waals surface area contributed by atoms with E-state index in [1.807, 2.05) is 0 Å². The van der Waals surface area contributed by atoms with E-state index < -0.39 is 11.9 Å². The van der Waals surface area contributed by atoms with Crippen LogP contribution < -0.4 is 5.32 Å². The Hall–Kier alpha value is -1.16. The van der Waals surface area contributed by atoms with Crippen LogP contribution in [0.1, 0.15) is 84.0 Å². The summed E-state index contributed by atoms with van der Waals surface area (Å²) in [6, 6.07) is 0. The lowest BCUT2D eigenvalue weighted by atomic mass is 10.1. The molecule has 0 aliphatic carbocycles. The van der Waals surface area contributed by atoms with Crippen LogP contribution in [0.4, 0.5) is 0 Å². The highest BCUT2D eigenvalue weighted by molar-refractivity contribution is 5.86. The van der Waals surface area contributed by atoms with Crippen molar-refractivity contribution >= 4 is 11.9 Å². The third kappa shape index (κ3) is 17.0. The van der Waals surface area contributed by atoms with E-state index in [0.29, 0.717) is 6.42 Å². The molecule has 4 heteroatoms. The zero-order chi connectivity index (χ0) is 17.2. The molecule has 0 atom stereocenters. The number of hydrogen-bond acceptors (Lipinski definition) is 4. The van der Waals surface area contributed by atoms with Gasteiger partial charge in [0.1, 0.15) is 0 Å². The number of carbonyl (C=O) groups excluding carboxylic acids is 2. The number of hydrogen-bond donors (Lipinski definition) is 1. The molecule has 1 N–H and O–H groups in total. The summed E-state index contributed by atoms with van der Waals surface area (Å²) in [5, 5.41) is 2.66. The molecule has 0 saturated carbocycles. The van der Waals surface area contributed by atoms with Gasteiger partial charge in [0.25, 0.3) is 0 Å². The van der Waals surface area contributed by atoms with E-state index in [1.165, 1.54) is 44.9 Å².